The summed E-state index contributed by atoms with van der Waals surface area (Å²) in [7, 11) is 0. The van der Waals surface area contributed by atoms with Gasteiger partial charge in [-0.15, -0.1) is 0 Å². The van der Waals surface area contributed by atoms with Gasteiger partial charge in [-0.05, 0) is 94.1 Å². The Hall–Kier alpha value is -5.42. The van der Waals surface area contributed by atoms with Crippen LogP contribution in [0.5, 0.6) is 34.5 Å². The minimum Gasteiger partial charge on any atom is -0.493 e. The number of hydrogen-bond acceptors (Lipinski definition) is 5. The second kappa shape index (κ2) is 14.4. The van der Waals surface area contributed by atoms with E-state index in [1.807, 2.05) is 64.1 Å². The smallest absolute Gasteiger partial charge is 0.135 e. The summed E-state index contributed by atoms with van der Waals surface area (Å²) in [6.07, 6.45) is 1.73. The third kappa shape index (κ3) is 6.29. The zero-order valence-corrected chi connectivity index (χ0v) is 28.7. The topological polar surface area (TPSA) is 46.2 Å². The molecule has 0 saturated heterocycles. The Bertz CT molecular complexity index is 2260. The summed E-state index contributed by atoms with van der Waals surface area (Å²) in [5, 5.41) is 8.37. The van der Waals surface area contributed by atoms with Gasteiger partial charge in [-0.1, -0.05) is 66.7 Å². The summed E-state index contributed by atoms with van der Waals surface area (Å²) in [5.41, 5.74) is 2.47. The van der Waals surface area contributed by atoms with E-state index in [1.54, 1.807) is 0 Å². The van der Waals surface area contributed by atoms with Crippen molar-refractivity contribution in [3.8, 4) is 34.5 Å². The molecule has 5 nitrogen and oxygen atoms in total. The molecule has 0 aromatic heterocycles. The molecule has 0 heterocycles. The zero-order valence-electron chi connectivity index (χ0n) is 28.7. The lowest BCUT2D eigenvalue weighted by Gasteiger charge is -2.19. The van der Waals surface area contributed by atoms with Gasteiger partial charge in [-0.2, -0.15) is 0 Å². The molecule has 7 aromatic carbocycles. The Balaban J connectivity index is 1.28. The molecule has 0 aliphatic rings. The summed E-state index contributed by atoms with van der Waals surface area (Å²) < 4.78 is 31.4. The van der Waals surface area contributed by atoms with E-state index in [0.29, 0.717) is 26.4 Å². The van der Waals surface area contributed by atoms with Crippen LogP contribution in [0.25, 0.3) is 43.1 Å². The minimum atomic E-state index is 0.545. The van der Waals surface area contributed by atoms with Crippen LogP contribution in [0.15, 0.2) is 109 Å². The van der Waals surface area contributed by atoms with Crippen LogP contribution in [-0.2, 0) is 12.8 Å². The van der Waals surface area contributed by atoms with Crippen LogP contribution in [0.4, 0.5) is 0 Å². The van der Waals surface area contributed by atoms with Crippen molar-refractivity contribution in [2.45, 2.75) is 40.5 Å². The molecule has 248 valence electrons. The molecule has 0 bridgehead atoms. The van der Waals surface area contributed by atoms with Gasteiger partial charge in [-0.25, -0.2) is 0 Å². The second-order valence-electron chi connectivity index (χ2n) is 12.0. The van der Waals surface area contributed by atoms with Crippen LogP contribution in [-0.4, -0.2) is 26.4 Å². The molecule has 49 heavy (non-hydrogen) atoms. The minimum absolute atomic E-state index is 0.545. The molecule has 0 aliphatic carbocycles. The average molecular weight is 651 g/mol. The van der Waals surface area contributed by atoms with Gasteiger partial charge in [-0.3, -0.25) is 0 Å². The van der Waals surface area contributed by atoms with Crippen molar-refractivity contribution in [2.24, 2.45) is 0 Å². The Labute approximate surface area is 287 Å². The highest BCUT2D eigenvalue weighted by atomic mass is 16.5. The van der Waals surface area contributed by atoms with E-state index in [9.17, 15) is 0 Å². The molecular formula is C44H42O5. The highest BCUT2D eigenvalue weighted by Crippen LogP contribution is 2.46. The third-order valence-electron chi connectivity index (χ3n) is 8.88. The number of benzene rings is 7. The van der Waals surface area contributed by atoms with Crippen molar-refractivity contribution < 1.29 is 23.7 Å². The standard InChI is InChI=1S/C44H42O5/c1-5-45-41-33-16-12-13-17-34(33)43(47-7-3)38-26-29(20-23-35(38)41)18-19-30-21-24-36-39(27-30)44(48-8-4)40-28-32(49-31-14-10-9-11-15-31)22-25-37(40)42(36)46-6-2/h9-17,20-28H,5-8,18-19H2,1-4H3. The Morgan fingerprint density at radius 3 is 1.22 bits per heavy atom. The number of fused-ring (bicyclic) bond motifs is 4. The van der Waals surface area contributed by atoms with Crippen molar-refractivity contribution in [3.05, 3.63) is 120 Å². The van der Waals surface area contributed by atoms with E-state index in [4.69, 9.17) is 23.7 Å². The van der Waals surface area contributed by atoms with Gasteiger partial charge in [0.2, 0.25) is 0 Å². The summed E-state index contributed by atoms with van der Waals surface area (Å²) in [4.78, 5) is 0. The number of ether oxygens (including phenoxy) is 5. The van der Waals surface area contributed by atoms with E-state index in [1.165, 1.54) is 11.1 Å². The third-order valence-corrected chi connectivity index (χ3v) is 8.88. The van der Waals surface area contributed by atoms with E-state index in [-0.39, 0.29) is 0 Å². The first-order valence-electron chi connectivity index (χ1n) is 17.4. The lowest BCUT2D eigenvalue weighted by Crippen LogP contribution is -2.00. The first kappa shape index (κ1) is 32.1. The number of para-hydroxylation sites is 1. The molecule has 7 aromatic rings. The molecule has 0 fully saturated rings. The SMILES string of the molecule is CCOc1c2ccccc2c(OCC)c2cc(CCc3ccc4c(OCC)c5ccc(Oc6ccccc6)cc5c(OCC)c4c3)ccc12. The molecular weight excluding hydrogens is 608 g/mol. The van der Waals surface area contributed by atoms with E-state index < -0.39 is 0 Å². The fraction of sp³-hybridized carbons (Fsp3) is 0.227. The fourth-order valence-electron chi connectivity index (χ4n) is 6.81. The van der Waals surface area contributed by atoms with Crippen LogP contribution in [0.1, 0.15) is 38.8 Å². The first-order chi connectivity index (χ1) is 24.1. The molecule has 0 spiro atoms. The molecule has 0 aliphatic heterocycles. The summed E-state index contributed by atoms with van der Waals surface area (Å²) in [6.45, 7) is 10.4. The molecule has 0 radical (unpaired) electrons. The molecule has 7 rings (SSSR count). The maximum Gasteiger partial charge on any atom is 0.135 e. The van der Waals surface area contributed by atoms with Gasteiger partial charge >= 0.3 is 0 Å². The molecule has 5 heteroatoms. The van der Waals surface area contributed by atoms with Crippen molar-refractivity contribution in [2.75, 3.05) is 26.4 Å². The Morgan fingerprint density at radius 2 is 0.735 bits per heavy atom. The monoisotopic (exact) mass is 650 g/mol. The quantitative estimate of drug-likeness (QED) is 0.116. The summed E-state index contributed by atoms with van der Waals surface area (Å²) in [6, 6.07) is 37.7. The maximum absolute atomic E-state index is 6.40. The van der Waals surface area contributed by atoms with Gasteiger partial charge in [0.1, 0.15) is 34.5 Å². The molecule has 0 unspecified atom stereocenters. The lowest BCUT2D eigenvalue weighted by molar-refractivity contribution is 0.342. The average Bonchev–Trinajstić information content (AvgIpc) is 3.13. The number of rotatable bonds is 13. The van der Waals surface area contributed by atoms with Gasteiger partial charge in [0.05, 0.1) is 26.4 Å². The summed E-state index contributed by atoms with van der Waals surface area (Å²) in [5.74, 6) is 5.08. The van der Waals surface area contributed by atoms with Crippen LogP contribution >= 0.6 is 0 Å². The van der Waals surface area contributed by atoms with Crippen LogP contribution < -0.4 is 23.7 Å². The van der Waals surface area contributed by atoms with E-state index in [2.05, 4.69) is 72.8 Å². The summed E-state index contributed by atoms with van der Waals surface area (Å²) >= 11 is 0. The molecule has 0 amide bonds. The normalized spacial score (nSPS) is 11.3. The molecule has 0 N–H and O–H groups in total. The van der Waals surface area contributed by atoms with Crippen LogP contribution in [0, 0.1) is 0 Å². The largest absolute Gasteiger partial charge is 0.493 e. The molecule has 0 saturated carbocycles. The van der Waals surface area contributed by atoms with Gasteiger partial charge in [0.25, 0.3) is 0 Å². The second-order valence-corrected chi connectivity index (χ2v) is 12.0. The highest BCUT2D eigenvalue weighted by molar-refractivity contribution is 6.12. The van der Waals surface area contributed by atoms with E-state index >= 15 is 0 Å². The van der Waals surface area contributed by atoms with Crippen molar-refractivity contribution in [3.63, 3.8) is 0 Å². The van der Waals surface area contributed by atoms with Gasteiger partial charge < -0.3 is 23.7 Å². The number of aryl methyl sites for hydroxylation is 2. The maximum atomic E-state index is 6.40. The van der Waals surface area contributed by atoms with E-state index in [0.717, 1.165) is 90.4 Å². The van der Waals surface area contributed by atoms with Crippen molar-refractivity contribution in [1.82, 2.24) is 0 Å². The predicted octanol–water partition coefficient (Wildman–Crippen LogP) is 11.5. The highest BCUT2D eigenvalue weighted by Gasteiger charge is 2.19. The molecule has 0 atom stereocenters. The van der Waals surface area contributed by atoms with Crippen LogP contribution in [0.3, 0.4) is 0 Å². The van der Waals surface area contributed by atoms with Crippen molar-refractivity contribution >= 4 is 43.1 Å². The zero-order chi connectivity index (χ0) is 33.7. The Morgan fingerprint density at radius 1 is 0.347 bits per heavy atom. The van der Waals surface area contributed by atoms with Crippen LogP contribution in [0.2, 0.25) is 0 Å². The first-order valence-corrected chi connectivity index (χ1v) is 17.4. The van der Waals surface area contributed by atoms with Crippen molar-refractivity contribution in [1.29, 1.82) is 0 Å². The predicted molar refractivity (Wildman–Crippen MR) is 202 cm³/mol. The fourth-order valence-corrected chi connectivity index (χ4v) is 6.81. The lowest BCUT2D eigenvalue weighted by atomic mass is 9.95. The van der Waals surface area contributed by atoms with Gasteiger partial charge in [0, 0.05) is 43.1 Å². The Kier molecular flexibility index (Phi) is 9.42. The number of hydrogen-bond donors (Lipinski definition) is 0. The van der Waals surface area contributed by atoms with Gasteiger partial charge in [0.15, 0.2) is 0 Å².